The van der Waals surface area contributed by atoms with Gasteiger partial charge >= 0.3 is 0 Å². The third-order valence-corrected chi connectivity index (χ3v) is 5.08. The van der Waals surface area contributed by atoms with Crippen LogP contribution in [-0.4, -0.2) is 17.5 Å². The van der Waals surface area contributed by atoms with Crippen LogP contribution in [0.3, 0.4) is 0 Å². The van der Waals surface area contributed by atoms with E-state index in [9.17, 15) is 9.59 Å². The fourth-order valence-corrected chi connectivity index (χ4v) is 3.31. The molecule has 3 rings (SSSR count). The fourth-order valence-electron chi connectivity index (χ4n) is 2.29. The molecular weight excluding hydrogens is 426 g/mol. The molecule has 136 valence electrons. The molecule has 0 aliphatic rings. The zero-order valence-electron chi connectivity index (χ0n) is 14.4. The van der Waals surface area contributed by atoms with Gasteiger partial charge in [0.05, 0.1) is 10.6 Å². The van der Waals surface area contributed by atoms with Gasteiger partial charge in [0.15, 0.2) is 0 Å². The highest BCUT2D eigenvalue weighted by atomic mass is 79.9. The number of hydrazone groups is 1. The first-order valence-corrected chi connectivity index (χ1v) is 9.75. The van der Waals surface area contributed by atoms with Gasteiger partial charge in [-0.3, -0.25) is 9.59 Å². The van der Waals surface area contributed by atoms with Crippen LogP contribution in [0.2, 0.25) is 0 Å². The summed E-state index contributed by atoms with van der Waals surface area (Å²) in [6.45, 7) is 1.81. The van der Waals surface area contributed by atoms with Gasteiger partial charge in [0.25, 0.3) is 11.8 Å². The monoisotopic (exact) mass is 441 g/mol. The standard InChI is InChI=1S/C20H16BrN3O2S/c1-13(23-24-19(25)15-4-2-5-16(21)12-15)14-7-9-17(10-8-14)22-20(26)18-6-3-11-27-18/h2-12H,1H3,(H,22,26)(H,24,25). The van der Waals surface area contributed by atoms with Crippen molar-refractivity contribution < 1.29 is 9.59 Å². The molecular formula is C20H16BrN3O2S. The second-order valence-corrected chi connectivity index (χ2v) is 7.52. The maximum Gasteiger partial charge on any atom is 0.271 e. The normalized spacial score (nSPS) is 11.1. The van der Waals surface area contributed by atoms with Crippen molar-refractivity contribution >= 4 is 50.5 Å². The molecule has 7 heteroatoms. The molecule has 1 heterocycles. The Bertz CT molecular complexity index is 983. The van der Waals surface area contributed by atoms with Gasteiger partial charge in [0.2, 0.25) is 0 Å². The van der Waals surface area contributed by atoms with E-state index in [1.807, 2.05) is 29.6 Å². The average Bonchev–Trinajstić information content (AvgIpc) is 3.21. The Labute approximate surface area is 169 Å². The molecule has 0 atom stereocenters. The predicted octanol–water partition coefficient (Wildman–Crippen LogP) is 4.92. The van der Waals surface area contributed by atoms with E-state index in [-0.39, 0.29) is 11.8 Å². The van der Waals surface area contributed by atoms with Crippen LogP contribution < -0.4 is 10.7 Å². The number of carbonyl (C=O) groups excluding carboxylic acids is 2. The van der Waals surface area contributed by atoms with Gasteiger partial charge in [-0.25, -0.2) is 5.43 Å². The highest BCUT2D eigenvalue weighted by molar-refractivity contribution is 9.10. The summed E-state index contributed by atoms with van der Waals surface area (Å²) in [6, 6.07) is 18.0. The molecule has 2 aromatic carbocycles. The van der Waals surface area contributed by atoms with Crippen molar-refractivity contribution in [3.63, 3.8) is 0 Å². The second-order valence-electron chi connectivity index (χ2n) is 5.66. The van der Waals surface area contributed by atoms with E-state index in [4.69, 9.17) is 0 Å². The summed E-state index contributed by atoms with van der Waals surface area (Å²) in [5, 5.41) is 8.85. The number of anilines is 1. The minimum atomic E-state index is -0.282. The van der Waals surface area contributed by atoms with Crippen LogP contribution in [0.5, 0.6) is 0 Å². The number of benzene rings is 2. The minimum absolute atomic E-state index is 0.135. The molecule has 1 aromatic heterocycles. The third-order valence-electron chi connectivity index (χ3n) is 3.72. The summed E-state index contributed by atoms with van der Waals surface area (Å²) < 4.78 is 0.830. The summed E-state index contributed by atoms with van der Waals surface area (Å²) in [4.78, 5) is 24.8. The van der Waals surface area contributed by atoms with E-state index in [0.29, 0.717) is 21.8 Å². The van der Waals surface area contributed by atoms with Crippen molar-refractivity contribution in [1.82, 2.24) is 5.43 Å². The molecule has 0 aliphatic carbocycles. The van der Waals surface area contributed by atoms with Crippen molar-refractivity contribution in [2.45, 2.75) is 6.92 Å². The second kappa shape index (κ2) is 8.75. The maximum absolute atomic E-state index is 12.1. The number of amides is 2. The van der Waals surface area contributed by atoms with Gasteiger partial charge in [0, 0.05) is 15.7 Å². The third kappa shape index (κ3) is 5.12. The van der Waals surface area contributed by atoms with Gasteiger partial charge in [-0.2, -0.15) is 5.10 Å². The van der Waals surface area contributed by atoms with Crippen LogP contribution >= 0.6 is 27.3 Å². The number of thiophene rings is 1. The van der Waals surface area contributed by atoms with Crippen LogP contribution in [0.1, 0.15) is 32.5 Å². The molecule has 0 radical (unpaired) electrons. The predicted molar refractivity (Wildman–Crippen MR) is 113 cm³/mol. The van der Waals surface area contributed by atoms with Crippen LogP contribution in [0, 0.1) is 0 Å². The van der Waals surface area contributed by atoms with Gasteiger partial charge < -0.3 is 5.32 Å². The zero-order chi connectivity index (χ0) is 19.2. The molecule has 2 amide bonds. The van der Waals surface area contributed by atoms with Crippen LogP contribution in [0.25, 0.3) is 0 Å². The highest BCUT2D eigenvalue weighted by Gasteiger charge is 2.08. The van der Waals surface area contributed by atoms with Crippen molar-refractivity contribution in [3.05, 3.63) is 86.5 Å². The Kier molecular flexibility index (Phi) is 6.16. The lowest BCUT2D eigenvalue weighted by molar-refractivity contribution is 0.0954. The number of halogens is 1. The molecule has 0 aliphatic heterocycles. The van der Waals surface area contributed by atoms with E-state index in [1.165, 1.54) is 11.3 Å². The first-order chi connectivity index (χ1) is 13.0. The van der Waals surface area contributed by atoms with Crippen LogP contribution in [-0.2, 0) is 0 Å². The van der Waals surface area contributed by atoms with Gasteiger partial charge in [0.1, 0.15) is 0 Å². The quantitative estimate of drug-likeness (QED) is 0.435. The van der Waals surface area contributed by atoms with Gasteiger partial charge in [-0.15, -0.1) is 11.3 Å². The zero-order valence-corrected chi connectivity index (χ0v) is 16.8. The highest BCUT2D eigenvalue weighted by Crippen LogP contribution is 2.15. The Balaban J connectivity index is 1.63. The summed E-state index contributed by atoms with van der Waals surface area (Å²) in [5.74, 6) is -0.417. The van der Waals surface area contributed by atoms with Crippen molar-refractivity contribution in [1.29, 1.82) is 0 Å². The molecule has 0 saturated carbocycles. The Morgan fingerprint density at radius 1 is 0.963 bits per heavy atom. The molecule has 0 spiro atoms. The lowest BCUT2D eigenvalue weighted by atomic mass is 10.1. The van der Waals surface area contributed by atoms with Crippen molar-refractivity contribution in [2.24, 2.45) is 5.10 Å². The molecule has 0 saturated heterocycles. The number of nitrogens with zero attached hydrogens (tertiary/aromatic N) is 1. The van der Waals surface area contributed by atoms with E-state index in [1.54, 1.807) is 43.3 Å². The molecule has 27 heavy (non-hydrogen) atoms. The van der Waals surface area contributed by atoms with Crippen molar-refractivity contribution in [3.8, 4) is 0 Å². The summed E-state index contributed by atoms with van der Waals surface area (Å²) >= 11 is 4.73. The van der Waals surface area contributed by atoms with E-state index < -0.39 is 0 Å². The maximum atomic E-state index is 12.1. The number of hydrogen-bond donors (Lipinski definition) is 2. The molecule has 3 aromatic rings. The van der Waals surface area contributed by atoms with E-state index in [0.717, 1.165) is 10.0 Å². The summed E-state index contributed by atoms with van der Waals surface area (Å²) in [7, 11) is 0. The largest absolute Gasteiger partial charge is 0.321 e. The van der Waals surface area contributed by atoms with Crippen LogP contribution in [0.15, 0.2) is 75.6 Å². The summed E-state index contributed by atoms with van der Waals surface area (Å²) in [6.07, 6.45) is 0. The Hall–Kier alpha value is -2.77. The average molecular weight is 442 g/mol. The first-order valence-electron chi connectivity index (χ1n) is 8.08. The lowest BCUT2D eigenvalue weighted by Crippen LogP contribution is -2.19. The lowest BCUT2D eigenvalue weighted by Gasteiger charge is -2.06. The molecule has 0 fully saturated rings. The fraction of sp³-hybridized carbons (Fsp3) is 0.0500. The van der Waals surface area contributed by atoms with Crippen LogP contribution in [0.4, 0.5) is 5.69 Å². The number of carbonyl (C=O) groups is 2. The number of rotatable bonds is 5. The Morgan fingerprint density at radius 3 is 2.41 bits per heavy atom. The van der Waals surface area contributed by atoms with E-state index >= 15 is 0 Å². The smallest absolute Gasteiger partial charge is 0.271 e. The van der Waals surface area contributed by atoms with Gasteiger partial charge in [-0.05, 0) is 54.3 Å². The summed E-state index contributed by atoms with van der Waals surface area (Å²) in [5.41, 5.74) is 5.28. The minimum Gasteiger partial charge on any atom is -0.321 e. The molecule has 5 nitrogen and oxygen atoms in total. The Morgan fingerprint density at radius 2 is 1.74 bits per heavy atom. The van der Waals surface area contributed by atoms with Crippen molar-refractivity contribution in [2.75, 3.05) is 5.32 Å². The number of hydrogen-bond acceptors (Lipinski definition) is 4. The van der Waals surface area contributed by atoms with E-state index in [2.05, 4.69) is 31.8 Å². The van der Waals surface area contributed by atoms with Gasteiger partial charge in [-0.1, -0.05) is 40.2 Å². The molecule has 0 bridgehead atoms. The topological polar surface area (TPSA) is 70.6 Å². The molecule has 0 unspecified atom stereocenters. The first kappa shape index (κ1) is 19.0. The molecule has 2 N–H and O–H groups in total. The number of nitrogens with one attached hydrogen (secondary N) is 2. The SMILES string of the molecule is CC(=NNC(=O)c1cccc(Br)c1)c1ccc(NC(=O)c2cccs2)cc1.